The molecule has 0 saturated heterocycles. The minimum Gasteiger partial charge on any atom is -0.444 e. The summed E-state index contributed by atoms with van der Waals surface area (Å²) in [6.07, 6.45) is -0.254. The van der Waals surface area contributed by atoms with Gasteiger partial charge in [-0.15, -0.1) is 0 Å². The largest absolute Gasteiger partial charge is 0.444 e. The van der Waals surface area contributed by atoms with Crippen LogP contribution in [0.1, 0.15) is 47.5 Å². The van der Waals surface area contributed by atoms with Gasteiger partial charge in [0.15, 0.2) is 0 Å². The number of hydrogen-bond donors (Lipinski definition) is 4. The molecule has 0 aromatic rings. The second kappa shape index (κ2) is 19.3. The Balaban J connectivity index is 3.92. The lowest BCUT2D eigenvalue weighted by atomic mass is 10.0. The van der Waals surface area contributed by atoms with Gasteiger partial charge in [0.1, 0.15) is 11.6 Å². The molecule has 0 radical (unpaired) electrons. The van der Waals surface area contributed by atoms with Crippen LogP contribution in [0.4, 0.5) is 4.79 Å². The van der Waals surface area contributed by atoms with E-state index < -0.39 is 29.6 Å². The van der Waals surface area contributed by atoms with Crippen molar-refractivity contribution in [3.05, 3.63) is 0 Å². The second-order valence-electron chi connectivity index (χ2n) is 8.85. The molecular weight excluding hydrogens is 448 g/mol. The standard InChI is InChI=1S/C22H44N4O8/c1-17(2)16-18(24-21(29)34-22(3,4)5)20(28)26-25-19(27)6-8-30-10-12-32-14-15-33-13-11-31-9-7-23/h17-18H,6-16,23H2,1-5H3,(H,24,29)(H,25,27)(H,26,28)/t18-/m1/s1. The Morgan fingerprint density at radius 1 is 0.794 bits per heavy atom. The molecule has 0 aliphatic heterocycles. The number of hydrogen-bond acceptors (Lipinski definition) is 9. The third-order valence-corrected chi connectivity index (χ3v) is 3.89. The molecule has 0 heterocycles. The van der Waals surface area contributed by atoms with Crippen LogP contribution >= 0.6 is 0 Å². The Morgan fingerprint density at radius 2 is 1.29 bits per heavy atom. The highest BCUT2D eigenvalue weighted by Gasteiger charge is 2.25. The van der Waals surface area contributed by atoms with Crippen LogP contribution < -0.4 is 21.9 Å². The van der Waals surface area contributed by atoms with Gasteiger partial charge in [-0.2, -0.15) is 0 Å². The van der Waals surface area contributed by atoms with Crippen molar-refractivity contribution < 1.29 is 38.1 Å². The predicted octanol–water partition coefficient (Wildman–Crippen LogP) is 0.488. The lowest BCUT2D eigenvalue weighted by Gasteiger charge is -2.24. The molecule has 5 N–H and O–H groups in total. The Hall–Kier alpha value is -1.99. The first-order valence-corrected chi connectivity index (χ1v) is 11.6. The topological polar surface area (TPSA) is 159 Å². The van der Waals surface area contributed by atoms with E-state index in [1.165, 1.54) is 0 Å². The number of nitrogens with one attached hydrogen (secondary N) is 3. The number of alkyl carbamates (subject to hydrolysis) is 1. The summed E-state index contributed by atoms with van der Waals surface area (Å²) in [6, 6.07) is -0.842. The average Bonchev–Trinajstić information content (AvgIpc) is 2.73. The number of nitrogens with two attached hydrogens (primary N) is 1. The summed E-state index contributed by atoms with van der Waals surface area (Å²) in [5.74, 6) is -0.811. The summed E-state index contributed by atoms with van der Waals surface area (Å²) in [5, 5.41) is 2.54. The fraction of sp³-hybridized carbons (Fsp3) is 0.864. The maximum atomic E-state index is 12.4. The van der Waals surface area contributed by atoms with Crippen LogP contribution in [0.5, 0.6) is 0 Å². The van der Waals surface area contributed by atoms with Gasteiger partial charge in [-0.3, -0.25) is 20.4 Å². The molecule has 0 aliphatic carbocycles. The molecule has 0 aromatic heterocycles. The minimum atomic E-state index is -0.842. The fourth-order valence-electron chi connectivity index (χ4n) is 2.44. The number of carbonyl (C=O) groups excluding carboxylic acids is 3. The number of hydrazine groups is 1. The minimum absolute atomic E-state index is 0.0561. The molecule has 3 amide bonds. The molecule has 0 spiro atoms. The van der Waals surface area contributed by atoms with Gasteiger partial charge < -0.3 is 34.7 Å². The Bertz CT molecular complexity index is 570. The van der Waals surface area contributed by atoms with E-state index in [1.807, 2.05) is 13.8 Å². The highest BCUT2D eigenvalue weighted by atomic mass is 16.6. The van der Waals surface area contributed by atoms with Crippen LogP contribution in [0.15, 0.2) is 0 Å². The number of ether oxygens (including phenoxy) is 5. The highest BCUT2D eigenvalue weighted by Crippen LogP contribution is 2.09. The van der Waals surface area contributed by atoms with E-state index in [9.17, 15) is 14.4 Å². The summed E-state index contributed by atoms with van der Waals surface area (Å²) in [5.41, 5.74) is 9.28. The third kappa shape index (κ3) is 20.6. The molecule has 200 valence electrons. The number of carbonyl (C=O) groups is 3. The van der Waals surface area contributed by atoms with Crippen molar-refractivity contribution in [2.24, 2.45) is 11.7 Å². The first kappa shape index (κ1) is 32.0. The van der Waals surface area contributed by atoms with Crippen molar-refractivity contribution in [1.82, 2.24) is 16.2 Å². The lowest BCUT2D eigenvalue weighted by Crippen LogP contribution is -2.53. The molecule has 12 nitrogen and oxygen atoms in total. The van der Waals surface area contributed by atoms with E-state index in [0.29, 0.717) is 59.2 Å². The summed E-state index contributed by atoms with van der Waals surface area (Å²) in [7, 11) is 0. The van der Waals surface area contributed by atoms with E-state index in [2.05, 4.69) is 16.2 Å². The van der Waals surface area contributed by atoms with E-state index in [0.717, 1.165) is 0 Å². The van der Waals surface area contributed by atoms with Gasteiger partial charge >= 0.3 is 6.09 Å². The van der Waals surface area contributed by atoms with Crippen LogP contribution in [0.2, 0.25) is 0 Å². The predicted molar refractivity (Wildman–Crippen MR) is 126 cm³/mol. The molecule has 0 rings (SSSR count). The fourth-order valence-corrected chi connectivity index (χ4v) is 2.44. The SMILES string of the molecule is CC(C)C[C@@H](NC(=O)OC(C)(C)C)C(=O)NNC(=O)CCOCCOCCOCCOCCN. The van der Waals surface area contributed by atoms with Crippen molar-refractivity contribution in [3.8, 4) is 0 Å². The van der Waals surface area contributed by atoms with Crippen molar-refractivity contribution in [2.45, 2.75) is 59.1 Å². The maximum Gasteiger partial charge on any atom is 0.408 e. The molecule has 1 atom stereocenters. The molecule has 0 aliphatic rings. The first-order chi connectivity index (χ1) is 16.0. The summed E-state index contributed by atoms with van der Waals surface area (Å²) >= 11 is 0. The first-order valence-electron chi connectivity index (χ1n) is 11.6. The number of rotatable bonds is 18. The van der Waals surface area contributed by atoms with Crippen molar-refractivity contribution in [2.75, 3.05) is 59.4 Å². The molecule has 34 heavy (non-hydrogen) atoms. The quantitative estimate of drug-likeness (QED) is 0.158. The molecule has 0 bridgehead atoms. The van der Waals surface area contributed by atoms with Gasteiger partial charge in [-0.25, -0.2) is 4.79 Å². The van der Waals surface area contributed by atoms with E-state index in [1.54, 1.807) is 20.8 Å². The van der Waals surface area contributed by atoms with E-state index >= 15 is 0 Å². The van der Waals surface area contributed by atoms with Crippen LogP contribution in [0.3, 0.4) is 0 Å². The molecule has 0 saturated carbocycles. The Labute approximate surface area is 202 Å². The zero-order valence-electron chi connectivity index (χ0n) is 21.3. The van der Waals surface area contributed by atoms with Gasteiger partial charge in [0.25, 0.3) is 5.91 Å². The molecule has 12 heteroatoms. The van der Waals surface area contributed by atoms with Gasteiger partial charge in [0.05, 0.1) is 59.3 Å². The monoisotopic (exact) mass is 492 g/mol. The second-order valence-corrected chi connectivity index (χ2v) is 8.85. The average molecular weight is 493 g/mol. The molecule has 0 unspecified atom stereocenters. The van der Waals surface area contributed by atoms with Gasteiger partial charge in [0.2, 0.25) is 5.91 Å². The Kier molecular flexibility index (Phi) is 18.2. The van der Waals surface area contributed by atoms with Crippen molar-refractivity contribution >= 4 is 17.9 Å². The van der Waals surface area contributed by atoms with Gasteiger partial charge in [0, 0.05) is 6.54 Å². The van der Waals surface area contributed by atoms with Crippen LogP contribution in [-0.4, -0.2) is 89.0 Å². The third-order valence-electron chi connectivity index (χ3n) is 3.89. The summed E-state index contributed by atoms with van der Waals surface area (Å²) in [4.78, 5) is 36.3. The van der Waals surface area contributed by atoms with Crippen LogP contribution in [0.25, 0.3) is 0 Å². The normalized spacial score (nSPS) is 12.3. The lowest BCUT2D eigenvalue weighted by molar-refractivity contribution is -0.130. The molecule has 0 aromatic carbocycles. The summed E-state index contributed by atoms with van der Waals surface area (Å²) < 4.78 is 26.4. The molecule has 0 fully saturated rings. The maximum absolute atomic E-state index is 12.4. The van der Waals surface area contributed by atoms with Gasteiger partial charge in [-0.05, 0) is 33.1 Å². The van der Waals surface area contributed by atoms with Gasteiger partial charge in [-0.1, -0.05) is 13.8 Å². The zero-order valence-corrected chi connectivity index (χ0v) is 21.3. The van der Waals surface area contributed by atoms with Crippen molar-refractivity contribution in [1.29, 1.82) is 0 Å². The van der Waals surface area contributed by atoms with E-state index in [4.69, 9.17) is 29.4 Å². The van der Waals surface area contributed by atoms with Crippen LogP contribution in [-0.2, 0) is 33.3 Å². The smallest absolute Gasteiger partial charge is 0.408 e. The Morgan fingerprint density at radius 3 is 1.76 bits per heavy atom. The zero-order chi connectivity index (χ0) is 25.8. The summed E-state index contributed by atoms with van der Waals surface area (Å²) in [6.45, 7) is 12.8. The molecular formula is C22H44N4O8. The van der Waals surface area contributed by atoms with Crippen LogP contribution in [0, 0.1) is 5.92 Å². The highest BCUT2D eigenvalue weighted by molar-refractivity contribution is 5.87. The van der Waals surface area contributed by atoms with Crippen molar-refractivity contribution in [3.63, 3.8) is 0 Å². The number of amides is 3. The van der Waals surface area contributed by atoms with E-state index in [-0.39, 0.29) is 18.9 Å².